The number of carbonyl (C=O) groups is 1. The zero-order valence-electron chi connectivity index (χ0n) is 37.0. The minimum atomic E-state index is -1.55. The second-order valence-electron chi connectivity index (χ2n) is 16.2. The number of hydrogen-bond acceptors (Lipinski definition) is 4. The first-order valence-electron chi connectivity index (χ1n) is 20.5. The number of aliphatic hydroxyl groups excluding tert-OH is 1. The van der Waals surface area contributed by atoms with Crippen molar-refractivity contribution in [2.45, 2.75) is 126 Å². The molecule has 2 aromatic heterocycles. The summed E-state index contributed by atoms with van der Waals surface area (Å²) < 4.78 is 33.0. The van der Waals surface area contributed by atoms with Gasteiger partial charge in [-0.1, -0.05) is 130 Å². The summed E-state index contributed by atoms with van der Waals surface area (Å²) in [6, 6.07) is 23.5. The van der Waals surface area contributed by atoms with Crippen molar-refractivity contribution < 1.29 is 38.5 Å². The Labute approximate surface area is 337 Å². The minimum Gasteiger partial charge on any atom is -0.512 e. The number of pyridine rings is 1. The van der Waals surface area contributed by atoms with Crippen LogP contribution in [0.3, 0.4) is 0 Å². The topological polar surface area (TPSA) is 63.3 Å². The molecule has 5 aromatic rings. The van der Waals surface area contributed by atoms with Gasteiger partial charge in [0.15, 0.2) is 5.78 Å². The molecule has 0 aliphatic rings. The Kier molecular flexibility index (Phi) is 13.8. The van der Waals surface area contributed by atoms with Crippen molar-refractivity contribution in [3.63, 3.8) is 0 Å². The van der Waals surface area contributed by atoms with Crippen molar-refractivity contribution in [3.05, 3.63) is 101 Å². The van der Waals surface area contributed by atoms with Crippen molar-refractivity contribution in [2.75, 3.05) is 0 Å². The molecule has 1 N–H and O–H groups in total. The van der Waals surface area contributed by atoms with Crippen LogP contribution in [-0.2, 0) is 36.7 Å². The van der Waals surface area contributed by atoms with Gasteiger partial charge >= 0.3 is 0 Å². The van der Waals surface area contributed by atoms with Crippen LogP contribution in [0.1, 0.15) is 135 Å². The molecule has 1 radical (unpaired) electrons. The number of aromatic nitrogens is 1. The zero-order chi connectivity index (χ0) is 41.1. The zero-order valence-corrected chi connectivity index (χ0v) is 36.4. The average Bonchev–Trinajstić information content (AvgIpc) is 3.52. The quantitative estimate of drug-likeness (QED) is 0.0815. The van der Waals surface area contributed by atoms with Crippen molar-refractivity contribution in [3.8, 4) is 22.6 Å². The Bertz CT molecular complexity index is 2140. The molecule has 0 amide bonds. The first-order valence-corrected chi connectivity index (χ1v) is 19.0. The Morgan fingerprint density at radius 2 is 1.55 bits per heavy atom. The van der Waals surface area contributed by atoms with E-state index < -0.39 is 17.7 Å². The maximum Gasteiger partial charge on any atom is 0.162 e. The number of carbonyl (C=O) groups excluding carboxylic acids is 1. The van der Waals surface area contributed by atoms with E-state index in [1.54, 1.807) is 12.3 Å². The second kappa shape index (κ2) is 18.7. The predicted octanol–water partition coefficient (Wildman–Crippen LogP) is 14.0. The number of allylic oxidation sites excluding steroid dienone is 2. The summed E-state index contributed by atoms with van der Waals surface area (Å²) in [6.45, 7) is 24.1. The molecule has 0 aliphatic heterocycles. The van der Waals surface area contributed by atoms with E-state index in [0.717, 1.165) is 58.8 Å². The van der Waals surface area contributed by atoms with Crippen LogP contribution < -0.4 is 0 Å². The number of furan rings is 1. The van der Waals surface area contributed by atoms with E-state index in [1.165, 1.54) is 17.0 Å². The van der Waals surface area contributed by atoms with E-state index in [0.29, 0.717) is 16.9 Å². The second-order valence-corrected chi connectivity index (χ2v) is 16.2. The van der Waals surface area contributed by atoms with Crippen LogP contribution in [0.15, 0.2) is 83.1 Å². The van der Waals surface area contributed by atoms with E-state index in [1.807, 2.05) is 92.6 Å². The maximum absolute atomic E-state index is 11.7. The van der Waals surface area contributed by atoms with Crippen LogP contribution in [0.5, 0.6) is 0 Å². The molecule has 0 fully saturated rings. The largest absolute Gasteiger partial charge is 0.512 e. The summed E-state index contributed by atoms with van der Waals surface area (Å²) in [5.74, 6) is 0.221. The van der Waals surface area contributed by atoms with Gasteiger partial charge in [0.25, 0.3) is 0 Å². The molecule has 0 saturated heterocycles. The van der Waals surface area contributed by atoms with E-state index >= 15 is 0 Å². The Morgan fingerprint density at radius 1 is 0.906 bits per heavy atom. The molecule has 0 atom stereocenters. The Morgan fingerprint density at radius 3 is 2.13 bits per heavy atom. The van der Waals surface area contributed by atoms with Crippen molar-refractivity contribution >= 4 is 27.5 Å². The summed E-state index contributed by atoms with van der Waals surface area (Å²) in [4.78, 5) is 16.4. The van der Waals surface area contributed by atoms with Gasteiger partial charge in [-0.15, -0.1) is 29.1 Å². The van der Waals surface area contributed by atoms with E-state index in [4.69, 9.17) is 13.5 Å². The Balaban J connectivity index is 0.000000448. The third kappa shape index (κ3) is 11.0. The molecule has 0 unspecified atom stereocenters. The molecule has 0 saturated carbocycles. The molecule has 0 bridgehead atoms. The molecule has 53 heavy (non-hydrogen) atoms. The summed E-state index contributed by atoms with van der Waals surface area (Å²) in [5.41, 5.74) is 5.05. The van der Waals surface area contributed by atoms with Gasteiger partial charge in [0.1, 0.15) is 11.3 Å². The summed E-state index contributed by atoms with van der Waals surface area (Å²) in [5, 5.41) is 12.8. The van der Waals surface area contributed by atoms with Crippen LogP contribution in [0.25, 0.3) is 44.3 Å². The SMILES string of the molecule is CCC(CC)C(=O)/C=C(\O)C(CC)CC.[2H]C(C)(C)c1c(-c2ccnc(-c3[c-]c4ccccc4c(C(C)(C)C)c3)c2)oc2cc(C([2H])([2H])C(C)(C)C)ccc12.[Ir]. The van der Waals surface area contributed by atoms with Crippen molar-refractivity contribution in [1.82, 2.24) is 4.98 Å². The third-order valence-corrected chi connectivity index (χ3v) is 9.67. The van der Waals surface area contributed by atoms with Gasteiger partial charge in [-0.2, -0.15) is 0 Å². The van der Waals surface area contributed by atoms with Gasteiger partial charge in [0.05, 0.1) is 5.76 Å². The summed E-state index contributed by atoms with van der Waals surface area (Å²) >= 11 is 0. The van der Waals surface area contributed by atoms with Crippen LogP contribution in [-0.4, -0.2) is 15.9 Å². The van der Waals surface area contributed by atoms with E-state index in [2.05, 4.69) is 51.1 Å². The molecule has 3 aromatic carbocycles. The normalized spacial score (nSPS) is 13.7. The third-order valence-electron chi connectivity index (χ3n) is 9.67. The minimum absolute atomic E-state index is 0. The molecule has 0 aliphatic carbocycles. The van der Waals surface area contributed by atoms with Gasteiger partial charge in [-0.05, 0) is 66.5 Å². The molecule has 4 nitrogen and oxygen atoms in total. The van der Waals surface area contributed by atoms with Crippen molar-refractivity contribution in [2.24, 2.45) is 17.3 Å². The number of fused-ring (bicyclic) bond motifs is 2. The Hall–Kier alpha value is -3.53. The van der Waals surface area contributed by atoms with Gasteiger partial charge < -0.3 is 9.52 Å². The number of ketones is 1. The molecule has 5 heteroatoms. The molecule has 5 rings (SSSR count). The van der Waals surface area contributed by atoms with E-state index in [9.17, 15) is 9.90 Å². The molecule has 2 heterocycles. The maximum atomic E-state index is 11.7. The van der Waals surface area contributed by atoms with Gasteiger partial charge in [0.2, 0.25) is 0 Å². The van der Waals surface area contributed by atoms with Crippen LogP contribution in [0, 0.1) is 23.3 Å². The fraction of sp³-hybridized carbons (Fsp3) is 0.458. The number of nitrogens with zero attached hydrogens (tertiary/aromatic N) is 1. The number of aliphatic hydroxyl groups is 1. The molecular formula is C48H62IrNO3-. The molecular weight excluding hydrogens is 831 g/mol. The fourth-order valence-corrected chi connectivity index (χ4v) is 6.79. The standard InChI is InChI=1S/C35H38NO.C13H24O2.Ir/c1-22(2)32-28-14-13-23(21-34(3,4)5)17-31(28)37-33(32)25-15-16-36-30(20-25)26-18-24-11-9-10-12-27(24)29(19-26)35(6,7)8;1-5-10(6-2)12(14)9-13(15)11(7-3)8-4;/h9-17,19-20,22H,21H2,1-8H3;9-11,14H,5-8H2,1-4H3;/q-1;;/b;12-9-;/i21D2,22D;;. The average molecular weight is 896 g/mol. The van der Waals surface area contributed by atoms with Crippen molar-refractivity contribution in [1.29, 1.82) is 0 Å². The predicted molar refractivity (Wildman–Crippen MR) is 221 cm³/mol. The number of hydrogen-bond donors (Lipinski definition) is 1. The van der Waals surface area contributed by atoms with Crippen LogP contribution >= 0.6 is 0 Å². The fourth-order valence-electron chi connectivity index (χ4n) is 6.79. The van der Waals surface area contributed by atoms with Gasteiger partial charge in [-0.3, -0.25) is 9.78 Å². The summed E-state index contributed by atoms with van der Waals surface area (Å²) in [7, 11) is 0. The van der Waals surface area contributed by atoms with Crippen LogP contribution in [0.4, 0.5) is 0 Å². The summed E-state index contributed by atoms with van der Waals surface area (Å²) in [6.07, 6.45) is 5.14. The first kappa shape index (κ1) is 39.2. The smallest absolute Gasteiger partial charge is 0.162 e. The number of rotatable bonds is 11. The van der Waals surface area contributed by atoms with Crippen LogP contribution in [0.2, 0.25) is 0 Å². The monoisotopic (exact) mass is 896 g/mol. The molecule has 287 valence electrons. The van der Waals surface area contributed by atoms with E-state index in [-0.39, 0.29) is 48.9 Å². The first-order chi connectivity index (χ1) is 25.6. The number of benzene rings is 3. The van der Waals surface area contributed by atoms with Gasteiger partial charge in [-0.25, -0.2) is 0 Å². The van der Waals surface area contributed by atoms with Gasteiger partial charge in [0, 0.05) is 70.5 Å². The molecule has 0 spiro atoms.